The van der Waals surface area contributed by atoms with Gasteiger partial charge in [0.1, 0.15) is 5.75 Å². The average molecular weight is 238 g/mol. The highest BCUT2D eigenvalue weighted by Gasteiger charge is 2.36. The number of rotatable bonds is 4. The predicted octanol–water partition coefficient (Wildman–Crippen LogP) is 0.480. The number of nitrogens with zero attached hydrogens (tertiary/aromatic N) is 1. The maximum Gasteiger partial charge on any atom is 0.272 e. The molecule has 0 amide bonds. The van der Waals surface area contributed by atoms with Crippen molar-refractivity contribution >= 4 is 5.69 Å². The monoisotopic (exact) mass is 238 g/mol. The largest absolute Gasteiger partial charge is 0.497 e. The molecule has 0 spiro atoms. The Balaban J connectivity index is 2.31. The highest BCUT2D eigenvalue weighted by atomic mass is 16.6. The molecule has 0 atom stereocenters. The van der Waals surface area contributed by atoms with Crippen LogP contribution in [0.15, 0.2) is 18.2 Å². The zero-order valence-corrected chi connectivity index (χ0v) is 9.47. The average Bonchev–Trinajstić information content (AvgIpc) is 2.26. The van der Waals surface area contributed by atoms with Gasteiger partial charge in [-0.3, -0.25) is 10.1 Å². The number of nitro groups is 1. The molecule has 1 fully saturated rings. The molecule has 6 heteroatoms. The van der Waals surface area contributed by atoms with Gasteiger partial charge in [0, 0.05) is 31.1 Å². The molecule has 0 aliphatic carbocycles. The van der Waals surface area contributed by atoms with E-state index in [4.69, 9.17) is 4.74 Å². The second kappa shape index (κ2) is 4.31. The Morgan fingerprint density at radius 1 is 1.59 bits per heavy atom. The van der Waals surface area contributed by atoms with Crippen LogP contribution in [0, 0.1) is 10.1 Å². The molecule has 0 radical (unpaired) electrons. The van der Waals surface area contributed by atoms with Crippen LogP contribution >= 0.6 is 0 Å². The zero-order valence-electron chi connectivity index (χ0n) is 9.47. The Bertz CT molecular complexity index is 443. The summed E-state index contributed by atoms with van der Waals surface area (Å²) >= 11 is 0. The molecular weight excluding hydrogens is 224 g/mol. The van der Waals surface area contributed by atoms with E-state index in [1.165, 1.54) is 13.2 Å². The van der Waals surface area contributed by atoms with Crippen LogP contribution < -0.4 is 10.1 Å². The van der Waals surface area contributed by atoms with Gasteiger partial charge in [0.05, 0.1) is 17.6 Å². The maximum atomic E-state index is 10.9. The van der Waals surface area contributed by atoms with Crippen molar-refractivity contribution in [3.63, 3.8) is 0 Å². The van der Waals surface area contributed by atoms with Crippen molar-refractivity contribution in [2.45, 2.75) is 12.0 Å². The number of ether oxygens (including phenoxy) is 1. The number of aliphatic hydroxyl groups is 1. The van der Waals surface area contributed by atoms with Crippen molar-refractivity contribution < 1.29 is 14.8 Å². The minimum atomic E-state index is -0.878. The molecule has 1 heterocycles. The third kappa shape index (κ3) is 2.37. The van der Waals surface area contributed by atoms with Crippen LogP contribution in [-0.4, -0.2) is 35.8 Å². The lowest BCUT2D eigenvalue weighted by Crippen LogP contribution is -2.60. The normalized spacial score (nSPS) is 17.3. The van der Waals surface area contributed by atoms with Crippen molar-refractivity contribution in [2.24, 2.45) is 0 Å². The number of hydrogen-bond donors (Lipinski definition) is 2. The quantitative estimate of drug-likeness (QED) is 0.588. The van der Waals surface area contributed by atoms with Crippen LogP contribution in [0.25, 0.3) is 0 Å². The molecule has 2 rings (SSSR count). The third-order valence-corrected chi connectivity index (χ3v) is 2.91. The molecule has 1 aliphatic rings. The topological polar surface area (TPSA) is 84.6 Å². The van der Waals surface area contributed by atoms with Gasteiger partial charge in [-0.1, -0.05) is 0 Å². The summed E-state index contributed by atoms with van der Waals surface area (Å²) in [4.78, 5) is 10.4. The molecular formula is C11H14N2O4. The van der Waals surface area contributed by atoms with E-state index in [9.17, 15) is 15.2 Å². The number of nitro benzene ring substituents is 1. The molecule has 0 bridgehead atoms. The first-order valence-corrected chi connectivity index (χ1v) is 5.28. The van der Waals surface area contributed by atoms with E-state index in [0.29, 0.717) is 24.4 Å². The molecule has 1 saturated heterocycles. The van der Waals surface area contributed by atoms with Crippen molar-refractivity contribution in [2.75, 3.05) is 20.2 Å². The zero-order chi connectivity index (χ0) is 12.5. The number of benzene rings is 1. The molecule has 0 saturated carbocycles. The van der Waals surface area contributed by atoms with E-state index in [-0.39, 0.29) is 12.1 Å². The number of β-amino-alcohol motifs (C(OH)–C–C–N with tert-alkyl or cyclic N) is 1. The minimum Gasteiger partial charge on any atom is -0.497 e. The Hall–Kier alpha value is -1.66. The third-order valence-electron chi connectivity index (χ3n) is 2.91. The fraction of sp³-hybridized carbons (Fsp3) is 0.455. The van der Waals surface area contributed by atoms with Gasteiger partial charge in [-0.05, 0) is 12.1 Å². The van der Waals surface area contributed by atoms with E-state index < -0.39 is 10.5 Å². The van der Waals surface area contributed by atoms with Crippen LogP contribution in [0.1, 0.15) is 5.56 Å². The van der Waals surface area contributed by atoms with Crippen molar-refractivity contribution in [3.05, 3.63) is 33.9 Å². The molecule has 6 nitrogen and oxygen atoms in total. The summed E-state index contributed by atoms with van der Waals surface area (Å²) in [6.07, 6.45) is 0.257. The number of methoxy groups -OCH3 is 1. The Morgan fingerprint density at radius 2 is 2.29 bits per heavy atom. The van der Waals surface area contributed by atoms with E-state index in [1.54, 1.807) is 12.1 Å². The Morgan fingerprint density at radius 3 is 2.76 bits per heavy atom. The van der Waals surface area contributed by atoms with Gasteiger partial charge in [0.15, 0.2) is 0 Å². The van der Waals surface area contributed by atoms with Crippen LogP contribution in [-0.2, 0) is 6.42 Å². The molecule has 92 valence electrons. The van der Waals surface area contributed by atoms with Gasteiger partial charge in [-0.25, -0.2) is 0 Å². The Kier molecular flexibility index (Phi) is 2.99. The van der Waals surface area contributed by atoms with E-state index in [0.717, 1.165) is 0 Å². The first-order chi connectivity index (χ1) is 8.04. The lowest BCUT2D eigenvalue weighted by Gasteiger charge is -2.37. The summed E-state index contributed by atoms with van der Waals surface area (Å²) in [6, 6.07) is 4.56. The second-order valence-corrected chi connectivity index (χ2v) is 4.26. The molecule has 0 aromatic heterocycles. The van der Waals surface area contributed by atoms with Gasteiger partial charge in [0.25, 0.3) is 5.69 Å². The van der Waals surface area contributed by atoms with Gasteiger partial charge < -0.3 is 15.2 Å². The summed E-state index contributed by atoms with van der Waals surface area (Å²) in [5, 5.41) is 23.8. The summed E-state index contributed by atoms with van der Waals surface area (Å²) in [6.45, 7) is 0.919. The lowest BCUT2D eigenvalue weighted by molar-refractivity contribution is -0.385. The first-order valence-electron chi connectivity index (χ1n) is 5.28. The smallest absolute Gasteiger partial charge is 0.272 e. The van der Waals surface area contributed by atoms with Gasteiger partial charge in [-0.2, -0.15) is 0 Å². The van der Waals surface area contributed by atoms with Crippen LogP contribution in [0.2, 0.25) is 0 Å². The van der Waals surface area contributed by atoms with Crippen molar-refractivity contribution in [1.82, 2.24) is 5.32 Å². The van der Waals surface area contributed by atoms with Gasteiger partial charge in [0.2, 0.25) is 0 Å². The molecule has 1 aromatic rings. The fourth-order valence-corrected chi connectivity index (χ4v) is 1.90. The highest BCUT2D eigenvalue weighted by molar-refractivity contribution is 5.46. The summed E-state index contributed by atoms with van der Waals surface area (Å²) in [7, 11) is 1.50. The van der Waals surface area contributed by atoms with E-state index in [1.807, 2.05) is 0 Å². The first kappa shape index (κ1) is 11.8. The molecule has 1 aromatic carbocycles. The summed E-state index contributed by atoms with van der Waals surface area (Å²) in [5.41, 5.74) is -0.360. The summed E-state index contributed by atoms with van der Waals surface area (Å²) in [5.74, 6) is 0.557. The van der Waals surface area contributed by atoms with Crippen LogP contribution in [0.3, 0.4) is 0 Å². The second-order valence-electron chi connectivity index (χ2n) is 4.26. The SMILES string of the molecule is COc1ccc([N+](=O)[O-])c(CC2(O)CNC2)c1. The van der Waals surface area contributed by atoms with Crippen molar-refractivity contribution in [3.8, 4) is 5.75 Å². The molecule has 0 unspecified atom stereocenters. The Labute approximate surface area is 98.4 Å². The summed E-state index contributed by atoms with van der Waals surface area (Å²) < 4.78 is 5.04. The lowest BCUT2D eigenvalue weighted by atomic mass is 9.88. The molecule has 1 aliphatic heterocycles. The predicted molar refractivity (Wildman–Crippen MR) is 61.2 cm³/mol. The van der Waals surface area contributed by atoms with Crippen molar-refractivity contribution in [1.29, 1.82) is 0 Å². The number of hydrogen-bond acceptors (Lipinski definition) is 5. The molecule has 2 N–H and O–H groups in total. The van der Waals surface area contributed by atoms with Gasteiger partial charge in [-0.15, -0.1) is 0 Å². The minimum absolute atomic E-state index is 0.0196. The van der Waals surface area contributed by atoms with Gasteiger partial charge >= 0.3 is 0 Å². The fourth-order valence-electron chi connectivity index (χ4n) is 1.90. The maximum absolute atomic E-state index is 10.9. The van der Waals surface area contributed by atoms with Crippen LogP contribution in [0.5, 0.6) is 5.75 Å². The van der Waals surface area contributed by atoms with Crippen LogP contribution in [0.4, 0.5) is 5.69 Å². The molecule has 17 heavy (non-hydrogen) atoms. The highest BCUT2D eigenvalue weighted by Crippen LogP contribution is 2.28. The number of nitrogens with one attached hydrogen (secondary N) is 1. The van der Waals surface area contributed by atoms with E-state index in [2.05, 4.69) is 5.32 Å². The standard InChI is InChI=1S/C11H14N2O4/c1-17-9-2-3-10(13(15)16)8(4-9)5-11(14)6-12-7-11/h2-4,12,14H,5-7H2,1H3. The van der Waals surface area contributed by atoms with E-state index >= 15 is 0 Å².